The van der Waals surface area contributed by atoms with Gasteiger partial charge in [-0.25, -0.2) is 8.96 Å². The highest BCUT2D eigenvalue weighted by atomic mass is 19.1. The van der Waals surface area contributed by atoms with Gasteiger partial charge in [-0.3, -0.25) is 0 Å². The van der Waals surface area contributed by atoms with Gasteiger partial charge in [0.1, 0.15) is 29.8 Å². The minimum Gasteiger partial charge on any atom is -0.492 e. The van der Waals surface area contributed by atoms with E-state index in [4.69, 9.17) is 9.15 Å². The molecule has 3 aromatic carbocycles. The van der Waals surface area contributed by atoms with Crippen LogP contribution in [0.25, 0.3) is 44.3 Å². The second kappa shape index (κ2) is 6.92. The summed E-state index contributed by atoms with van der Waals surface area (Å²) in [5.74, 6) is 0.581. The Bertz CT molecular complexity index is 1580. The number of pyridine rings is 1. The highest BCUT2D eigenvalue weighted by Crippen LogP contribution is 2.44. The molecule has 2 aromatic heterocycles. The van der Waals surface area contributed by atoms with Crippen molar-refractivity contribution < 1.29 is 18.1 Å². The number of benzene rings is 3. The highest BCUT2D eigenvalue weighted by Gasteiger charge is 2.32. The predicted molar refractivity (Wildman–Crippen MR) is 129 cm³/mol. The molecule has 0 aliphatic carbocycles. The Hall–Kier alpha value is -3.66. The summed E-state index contributed by atoms with van der Waals surface area (Å²) in [7, 11) is 2.02. The van der Waals surface area contributed by atoms with Gasteiger partial charge in [0.15, 0.2) is 6.20 Å². The number of ether oxygens (including phenoxy) is 1. The molecule has 1 aliphatic rings. The van der Waals surface area contributed by atoms with Gasteiger partial charge < -0.3 is 9.15 Å². The number of hydrogen-bond acceptors (Lipinski definition) is 2. The molecule has 0 unspecified atom stereocenters. The number of halogens is 1. The predicted octanol–water partition coefficient (Wildman–Crippen LogP) is 6.86. The molecule has 164 valence electrons. The van der Waals surface area contributed by atoms with Crippen LogP contribution >= 0.6 is 0 Å². The van der Waals surface area contributed by atoms with Crippen LogP contribution in [0.1, 0.15) is 25.0 Å². The number of aromatic nitrogens is 1. The van der Waals surface area contributed by atoms with Crippen LogP contribution in [0.2, 0.25) is 0 Å². The zero-order valence-electron chi connectivity index (χ0n) is 19.2. The molecule has 3 heterocycles. The van der Waals surface area contributed by atoms with E-state index < -0.39 is 0 Å². The molecule has 0 N–H and O–H groups in total. The summed E-state index contributed by atoms with van der Waals surface area (Å²) in [4.78, 5) is 0. The molecule has 0 bridgehead atoms. The Morgan fingerprint density at radius 1 is 0.909 bits per heavy atom. The monoisotopic (exact) mass is 438 g/mol. The van der Waals surface area contributed by atoms with E-state index in [1.165, 1.54) is 0 Å². The lowest BCUT2D eigenvalue weighted by Crippen LogP contribution is -2.30. The lowest BCUT2D eigenvalue weighted by molar-refractivity contribution is -0.660. The topological polar surface area (TPSA) is 26.2 Å². The van der Waals surface area contributed by atoms with Gasteiger partial charge in [-0.05, 0) is 48.4 Å². The van der Waals surface area contributed by atoms with Gasteiger partial charge >= 0.3 is 0 Å². The van der Waals surface area contributed by atoms with E-state index in [0.29, 0.717) is 17.8 Å². The van der Waals surface area contributed by atoms with Crippen LogP contribution in [0.15, 0.2) is 71.3 Å². The zero-order chi connectivity index (χ0) is 22.9. The molecular formula is C29H25FNO2+. The first-order valence-electron chi connectivity index (χ1n) is 11.2. The van der Waals surface area contributed by atoms with Gasteiger partial charge in [-0.15, -0.1) is 0 Å². The fourth-order valence-electron chi connectivity index (χ4n) is 5.02. The molecule has 0 atom stereocenters. The molecule has 0 saturated carbocycles. The summed E-state index contributed by atoms with van der Waals surface area (Å²) in [5.41, 5.74) is 6.83. The molecular weight excluding hydrogens is 413 g/mol. The standard InChI is InChI=1S/C29H25FNO2/c1-17-8-10-19-20-11-12-22(30)26(18-9-13-24-21(15-18)29(2,3)16-32-24)28(20)33-27(19)25(17)23-7-5-6-14-31(23)4/h5-15H,16H2,1-4H3/q+1. The van der Waals surface area contributed by atoms with E-state index in [0.717, 1.165) is 50.1 Å². The number of furan rings is 1. The van der Waals surface area contributed by atoms with Crippen LogP contribution in [0.4, 0.5) is 4.39 Å². The maximum atomic E-state index is 15.3. The van der Waals surface area contributed by atoms with Crippen LogP contribution in [0.5, 0.6) is 5.75 Å². The Morgan fingerprint density at radius 2 is 1.67 bits per heavy atom. The SMILES string of the molecule is Cc1ccc2c(oc3c(-c4ccc5c(c4)C(C)(C)CO5)c(F)ccc32)c1-c1cccc[n+]1C. The van der Waals surface area contributed by atoms with E-state index in [2.05, 4.69) is 49.6 Å². The molecule has 0 radical (unpaired) electrons. The van der Waals surface area contributed by atoms with E-state index in [9.17, 15) is 0 Å². The van der Waals surface area contributed by atoms with E-state index >= 15 is 4.39 Å². The number of nitrogens with zero attached hydrogens (tertiary/aromatic N) is 1. The number of hydrogen-bond donors (Lipinski definition) is 0. The summed E-state index contributed by atoms with van der Waals surface area (Å²) in [6, 6.07) is 19.6. The summed E-state index contributed by atoms with van der Waals surface area (Å²) >= 11 is 0. The van der Waals surface area contributed by atoms with Crippen molar-refractivity contribution in [2.75, 3.05) is 6.61 Å². The normalized spacial score (nSPS) is 14.6. The van der Waals surface area contributed by atoms with Crippen molar-refractivity contribution in [2.45, 2.75) is 26.2 Å². The van der Waals surface area contributed by atoms with Crippen molar-refractivity contribution in [1.82, 2.24) is 0 Å². The summed E-state index contributed by atoms with van der Waals surface area (Å²) in [6.07, 6.45) is 2.02. The average molecular weight is 439 g/mol. The van der Waals surface area contributed by atoms with Crippen LogP contribution < -0.4 is 9.30 Å². The third-order valence-electron chi connectivity index (χ3n) is 6.86. The largest absolute Gasteiger partial charge is 0.492 e. The summed E-state index contributed by atoms with van der Waals surface area (Å²) in [6.45, 7) is 7.00. The number of fused-ring (bicyclic) bond motifs is 4. The quantitative estimate of drug-likeness (QED) is 0.281. The summed E-state index contributed by atoms with van der Waals surface area (Å²) < 4.78 is 29.8. The lowest BCUT2D eigenvalue weighted by atomic mass is 9.85. The minimum atomic E-state index is -0.290. The van der Waals surface area contributed by atoms with Gasteiger partial charge in [0, 0.05) is 33.9 Å². The molecule has 5 aromatic rings. The molecule has 0 spiro atoms. The Kier molecular flexibility index (Phi) is 4.19. The second-order valence-corrected chi connectivity index (χ2v) is 9.62. The molecule has 6 rings (SSSR count). The number of rotatable bonds is 2. The van der Waals surface area contributed by atoms with Gasteiger partial charge in [0.2, 0.25) is 5.69 Å². The molecule has 0 amide bonds. The molecule has 33 heavy (non-hydrogen) atoms. The molecule has 3 nitrogen and oxygen atoms in total. The first-order valence-corrected chi connectivity index (χ1v) is 11.2. The maximum Gasteiger partial charge on any atom is 0.216 e. The third kappa shape index (κ3) is 2.90. The first kappa shape index (κ1) is 20.0. The van der Waals surface area contributed by atoms with Crippen molar-refractivity contribution in [2.24, 2.45) is 7.05 Å². The van der Waals surface area contributed by atoms with Crippen molar-refractivity contribution in [3.8, 4) is 28.1 Å². The maximum absolute atomic E-state index is 15.3. The average Bonchev–Trinajstić information content (AvgIpc) is 3.31. The van der Waals surface area contributed by atoms with Crippen LogP contribution in [-0.2, 0) is 12.5 Å². The summed E-state index contributed by atoms with van der Waals surface area (Å²) in [5, 5.41) is 1.90. The van der Waals surface area contributed by atoms with Crippen molar-refractivity contribution in [3.63, 3.8) is 0 Å². The zero-order valence-corrected chi connectivity index (χ0v) is 19.2. The fraction of sp³-hybridized carbons (Fsp3) is 0.207. The van der Waals surface area contributed by atoms with E-state index in [1.807, 2.05) is 43.6 Å². The van der Waals surface area contributed by atoms with E-state index in [-0.39, 0.29) is 11.2 Å². The molecule has 1 aliphatic heterocycles. The second-order valence-electron chi connectivity index (χ2n) is 9.62. The first-order chi connectivity index (χ1) is 15.8. The third-order valence-corrected chi connectivity index (χ3v) is 6.86. The fourth-order valence-corrected chi connectivity index (χ4v) is 5.02. The number of aryl methyl sites for hydroxylation is 2. The molecule has 4 heteroatoms. The van der Waals surface area contributed by atoms with Gasteiger partial charge in [0.05, 0.1) is 17.7 Å². The van der Waals surface area contributed by atoms with Crippen LogP contribution in [0, 0.1) is 12.7 Å². The van der Waals surface area contributed by atoms with Crippen LogP contribution in [0.3, 0.4) is 0 Å². The minimum absolute atomic E-state index is 0.115. The molecule has 0 saturated heterocycles. The molecule has 0 fully saturated rings. The van der Waals surface area contributed by atoms with Gasteiger partial charge in [-0.2, -0.15) is 0 Å². The Morgan fingerprint density at radius 3 is 2.45 bits per heavy atom. The smallest absolute Gasteiger partial charge is 0.216 e. The van der Waals surface area contributed by atoms with Gasteiger partial charge in [-0.1, -0.05) is 32.0 Å². The van der Waals surface area contributed by atoms with E-state index in [1.54, 1.807) is 6.07 Å². The Balaban J connectivity index is 1.67. The van der Waals surface area contributed by atoms with Crippen molar-refractivity contribution >= 4 is 21.9 Å². The van der Waals surface area contributed by atoms with Gasteiger partial charge in [0.25, 0.3) is 0 Å². The van der Waals surface area contributed by atoms with Crippen molar-refractivity contribution in [3.05, 3.63) is 83.8 Å². The van der Waals surface area contributed by atoms with Crippen molar-refractivity contribution in [1.29, 1.82) is 0 Å². The lowest BCUT2D eigenvalue weighted by Gasteiger charge is -2.16. The highest BCUT2D eigenvalue weighted by molar-refractivity contribution is 6.13. The Labute approximate surface area is 192 Å². The van der Waals surface area contributed by atoms with Crippen LogP contribution in [-0.4, -0.2) is 6.61 Å².